The summed E-state index contributed by atoms with van der Waals surface area (Å²) in [4.78, 5) is 19.9. The molecule has 0 atom stereocenters. The highest BCUT2D eigenvalue weighted by atomic mass is 16.5. The number of pyridine rings is 1. The van der Waals surface area contributed by atoms with E-state index in [2.05, 4.69) is 4.98 Å². The van der Waals surface area contributed by atoms with Gasteiger partial charge in [0.05, 0.1) is 19.8 Å². The lowest BCUT2D eigenvalue weighted by Gasteiger charge is -2.32. The van der Waals surface area contributed by atoms with Crippen molar-refractivity contribution in [2.45, 2.75) is 46.7 Å². The van der Waals surface area contributed by atoms with Crippen molar-refractivity contribution in [3.05, 3.63) is 41.6 Å². The van der Waals surface area contributed by atoms with Gasteiger partial charge < -0.3 is 14.4 Å². The number of rotatable bonds is 6. The first-order valence-electron chi connectivity index (χ1n) is 8.83. The van der Waals surface area contributed by atoms with Crippen LogP contribution in [-0.2, 0) is 0 Å². The predicted molar refractivity (Wildman–Crippen MR) is 104 cm³/mol. The van der Waals surface area contributed by atoms with Crippen molar-refractivity contribution in [3.8, 4) is 22.8 Å². The molecule has 26 heavy (non-hydrogen) atoms. The Hall–Kier alpha value is -2.56. The van der Waals surface area contributed by atoms with E-state index in [4.69, 9.17) is 9.47 Å². The molecule has 0 aliphatic heterocycles. The van der Waals surface area contributed by atoms with E-state index in [9.17, 15) is 4.79 Å². The zero-order chi connectivity index (χ0) is 19.4. The molecule has 2 aromatic rings. The van der Waals surface area contributed by atoms with Crippen LogP contribution in [0.15, 0.2) is 30.3 Å². The lowest BCUT2D eigenvalue weighted by molar-refractivity contribution is 0.0641. The fraction of sp³-hybridized carbons (Fsp3) is 0.429. The van der Waals surface area contributed by atoms with Gasteiger partial charge in [-0.3, -0.25) is 4.79 Å². The molecule has 0 fully saturated rings. The second-order valence-corrected chi connectivity index (χ2v) is 6.79. The molecule has 0 aliphatic rings. The Labute approximate surface area is 156 Å². The molecule has 0 unspecified atom stereocenters. The van der Waals surface area contributed by atoms with E-state index in [1.165, 1.54) is 0 Å². The lowest BCUT2D eigenvalue weighted by atomic mass is 9.99. The maximum absolute atomic E-state index is 13.5. The highest BCUT2D eigenvalue weighted by Gasteiger charge is 2.28. The molecule has 1 aromatic carbocycles. The number of nitrogens with zero attached hydrogens (tertiary/aromatic N) is 2. The highest BCUT2D eigenvalue weighted by molar-refractivity contribution is 6.04. The number of carbonyl (C=O) groups excluding carboxylic acids is 1. The van der Waals surface area contributed by atoms with Crippen molar-refractivity contribution in [2.24, 2.45) is 0 Å². The van der Waals surface area contributed by atoms with Gasteiger partial charge in [0, 0.05) is 23.3 Å². The Morgan fingerprint density at radius 1 is 0.962 bits per heavy atom. The average Bonchev–Trinajstić information content (AvgIpc) is 2.60. The topological polar surface area (TPSA) is 51.7 Å². The van der Waals surface area contributed by atoms with E-state index in [1.54, 1.807) is 20.3 Å². The van der Waals surface area contributed by atoms with Crippen LogP contribution in [0.1, 0.15) is 43.7 Å². The zero-order valence-electron chi connectivity index (χ0n) is 16.7. The minimum atomic E-state index is -0.0761. The van der Waals surface area contributed by atoms with Crippen LogP contribution in [0.25, 0.3) is 11.3 Å². The molecule has 0 spiro atoms. The van der Waals surface area contributed by atoms with Crippen LogP contribution in [0.4, 0.5) is 0 Å². The normalized spacial score (nSPS) is 11.0. The van der Waals surface area contributed by atoms with Crippen LogP contribution in [0, 0.1) is 6.92 Å². The standard InChI is InChI=1S/C21H28N2O3/c1-13(2)23(14(3)4)21(24)19-16(9-8-10-17(19)25-6)20-18(26-7)12-11-15(5)22-20/h8-14H,1-7H3. The molecular weight excluding hydrogens is 328 g/mol. The van der Waals surface area contributed by atoms with E-state index in [-0.39, 0.29) is 18.0 Å². The van der Waals surface area contributed by atoms with Crippen LogP contribution >= 0.6 is 0 Å². The Morgan fingerprint density at radius 3 is 2.12 bits per heavy atom. The van der Waals surface area contributed by atoms with Gasteiger partial charge in [-0.2, -0.15) is 0 Å². The van der Waals surface area contributed by atoms with Gasteiger partial charge in [0.1, 0.15) is 17.2 Å². The summed E-state index contributed by atoms with van der Waals surface area (Å²) in [6, 6.07) is 9.44. The minimum absolute atomic E-state index is 0.0626. The van der Waals surface area contributed by atoms with Crippen LogP contribution in [0.2, 0.25) is 0 Å². The highest BCUT2D eigenvalue weighted by Crippen LogP contribution is 2.36. The molecule has 140 valence electrons. The summed E-state index contributed by atoms with van der Waals surface area (Å²) in [5, 5.41) is 0. The molecule has 1 aromatic heterocycles. The van der Waals surface area contributed by atoms with Crippen LogP contribution in [-0.4, -0.2) is 42.1 Å². The fourth-order valence-electron chi connectivity index (χ4n) is 3.22. The monoisotopic (exact) mass is 356 g/mol. The first-order chi connectivity index (χ1) is 12.3. The van der Waals surface area contributed by atoms with Crippen molar-refractivity contribution in [1.29, 1.82) is 0 Å². The summed E-state index contributed by atoms with van der Waals surface area (Å²) in [6.07, 6.45) is 0. The third-order valence-electron chi connectivity index (χ3n) is 4.28. The van der Waals surface area contributed by atoms with Gasteiger partial charge in [-0.1, -0.05) is 12.1 Å². The van der Waals surface area contributed by atoms with E-state index in [1.807, 2.05) is 63.8 Å². The third-order valence-corrected chi connectivity index (χ3v) is 4.28. The van der Waals surface area contributed by atoms with Gasteiger partial charge in [0.15, 0.2) is 0 Å². The number of methoxy groups -OCH3 is 2. The predicted octanol–water partition coefficient (Wildman–Crippen LogP) is 4.33. The molecule has 0 bridgehead atoms. The molecule has 0 aliphatic carbocycles. The van der Waals surface area contributed by atoms with Crippen LogP contribution < -0.4 is 9.47 Å². The van der Waals surface area contributed by atoms with Gasteiger partial charge in [0.2, 0.25) is 0 Å². The molecular formula is C21H28N2O3. The quantitative estimate of drug-likeness (QED) is 0.773. The maximum atomic E-state index is 13.5. The van der Waals surface area contributed by atoms with Crippen molar-refractivity contribution < 1.29 is 14.3 Å². The fourth-order valence-corrected chi connectivity index (χ4v) is 3.22. The van der Waals surface area contributed by atoms with E-state index < -0.39 is 0 Å². The number of hydrogen-bond donors (Lipinski definition) is 0. The third kappa shape index (κ3) is 3.82. The van der Waals surface area contributed by atoms with Crippen molar-refractivity contribution in [3.63, 3.8) is 0 Å². The summed E-state index contributed by atoms with van der Waals surface area (Å²) >= 11 is 0. The second kappa shape index (κ2) is 8.21. The van der Waals surface area contributed by atoms with Crippen molar-refractivity contribution >= 4 is 5.91 Å². The Morgan fingerprint density at radius 2 is 1.58 bits per heavy atom. The lowest BCUT2D eigenvalue weighted by Crippen LogP contribution is -2.42. The van der Waals surface area contributed by atoms with Gasteiger partial charge in [0.25, 0.3) is 5.91 Å². The average molecular weight is 356 g/mol. The molecule has 0 saturated heterocycles. The minimum Gasteiger partial charge on any atom is -0.496 e. The summed E-state index contributed by atoms with van der Waals surface area (Å²) in [5.74, 6) is 1.08. The molecule has 2 rings (SSSR count). The first-order valence-corrected chi connectivity index (χ1v) is 8.83. The van der Waals surface area contributed by atoms with Crippen LogP contribution in [0.3, 0.4) is 0 Å². The number of amides is 1. The van der Waals surface area contributed by atoms with E-state index in [0.717, 1.165) is 5.69 Å². The Kier molecular flexibility index (Phi) is 6.24. The van der Waals surface area contributed by atoms with E-state index >= 15 is 0 Å². The maximum Gasteiger partial charge on any atom is 0.258 e. The summed E-state index contributed by atoms with van der Waals surface area (Å²) < 4.78 is 11.0. The van der Waals surface area contributed by atoms with E-state index in [0.29, 0.717) is 28.3 Å². The van der Waals surface area contributed by atoms with Gasteiger partial charge in [-0.25, -0.2) is 4.98 Å². The molecule has 5 heteroatoms. The van der Waals surface area contributed by atoms with Gasteiger partial charge in [-0.15, -0.1) is 0 Å². The van der Waals surface area contributed by atoms with Gasteiger partial charge >= 0.3 is 0 Å². The molecule has 1 heterocycles. The first kappa shape index (κ1) is 19.8. The second-order valence-electron chi connectivity index (χ2n) is 6.79. The molecule has 0 N–H and O–H groups in total. The number of ether oxygens (including phenoxy) is 2. The zero-order valence-corrected chi connectivity index (χ0v) is 16.7. The van der Waals surface area contributed by atoms with Crippen molar-refractivity contribution in [2.75, 3.05) is 14.2 Å². The molecule has 5 nitrogen and oxygen atoms in total. The van der Waals surface area contributed by atoms with Crippen molar-refractivity contribution in [1.82, 2.24) is 9.88 Å². The smallest absolute Gasteiger partial charge is 0.258 e. The number of benzene rings is 1. The summed E-state index contributed by atoms with van der Waals surface area (Å²) in [7, 11) is 3.18. The molecule has 1 amide bonds. The van der Waals surface area contributed by atoms with Gasteiger partial charge in [-0.05, 0) is 52.8 Å². The molecule has 0 radical (unpaired) electrons. The van der Waals surface area contributed by atoms with Crippen LogP contribution in [0.5, 0.6) is 11.5 Å². The largest absolute Gasteiger partial charge is 0.496 e. The summed E-state index contributed by atoms with van der Waals surface area (Å²) in [5.41, 5.74) is 2.71. The Balaban J connectivity index is 2.75. The number of aromatic nitrogens is 1. The number of hydrogen-bond acceptors (Lipinski definition) is 4. The number of carbonyl (C=O) groups is 1. The summed E-state index contributed by atoms with van der Waals surface area (Å²) in [6.45, 7) is 9.97. The number of aryl methyl sites for hydroxylation is 1. The molecule has 0 saturated carbocycles. The SMILES string of the molecule is COc1ccc(C)nc1-c1cccc(OC)c1C(=O)N(C(C)C)C(C)C. The Bertz CT molecular complexity index is 777.